The molecule has 3 aromatic heterocycles. The maximum atomic E-state index is 11.7. The van der Waals surface area contributed by atoms with Crippen molar-refractivity contribution in [1.29, 1.82) is 0 Å². The van der Waals surface area contributed by atoms with Crippen LogP contribution >= 0.6 is 11.3 Å². The molecule has 0 bridgehead atoms. The van der Waals surface area contributed by atoms with E-state index >= 15 is 0 Å². The molecule has 0 saturated carbocycles. The van der Waals surface area contributed by atoms with Gasteiger partial charge in [-0.3, -0.25) is 14.6 Å². The number of thiazole rings is 1. The fourth-order valence-electron chi connectivity index (χ4n) is 2.76. The Morgan fingerprint density at radius 1 is 1.31 bits per heavy atom. The third-order valence-corrected chi connectivity index (χ3v) is 4.93. The minimum atomic E-state index is -0.480. The third-order valence-electron chi connectivity index (χ3n) is 4.04. The van der Waals surface area contributed by atoms with Crippen LogP contribution in [0.1, 0.15) is 23.0 Å². The minimum Gasteiger partial charge on any atom is -0.366 e. The molecular formula is C18H19N5O2S. The van der Waals surface area contributed by atoms with Crippen LogP contribution in [-0.4, -0.2) is 32.9 Å². The van der Waals surface area contributed by atoms with Crippen molar-refractivity contribution in [1.82, 2.24) is 19.9 Å². The van der Waals surface area contributed by atoms with E-state index in [1.54, 1.807) is 18.5 Å². The van der Waals surface area contributed by atoms with Gasteiger partial charge in [-0.1, -0.05) is 0 Å². The summed E-state index contributed by atoms with van der Waals surface area (Å²) in [5, 5.41) is 5.59. The molecule has 0 aliphatic rings. The Kier molecular flexibility index (Phi) is 5.13. The number of nitrogens with two attached hydrogens (primary N) is 1. The quantitative estimate of drug-likeness (QED) is 0.695. The zero-order valence-corrected chi connectivity index (χ0v) is 15.3. The lowest BCUT2D eigenvalue weighted by Gasteiger charge is -2.11. The van der Waals surface area contributed by atoms with Gasteiger partial charge in [0.25, 0.3) is 5.91 Å². The molecule has 3 rings (SSSR count). The molecule has 26 heavy (non-hydrogen) atoms. The molecule has 0 atom stereocenters. The van der Waals surface area contributed by atoms with Crippen LogP contribution in [0.15, 0.2) is 36.0 Å². The number of nitrogens with one attached hydrogen (secondary N) is 1. The van der Waals surface area contributed by atoms with Crippen molar-refractivity contribution < 1.29 is 9.59 Å². The van der Waals surface area contributed by atoms with Gasteiger partial charge in [0.2, 0.25) is 5.91 Å². The number of nitrogens with zero attached hydrogens (tertiary/aromatic N) is 3. The Morgan fingerprint density at radius 2 is 2.04 bits per heavy atom. The van der Waals surface area contributed by atoms with Gasteiger partial charge in [0.05, 0.1) is 17.0 Å². The summed E-state index contributed by atoms with van der Waals surface area (Å²) < 4.78 is 1.96. The first-order valence-electron chi connectivity index (χ1n) is 8.08. The number of hydrogen-bond acceptors (Lipinski definition) is 5. The van der Waals surface area contributed by atoms with Gasteiger partial charge < -0.3 is 15.6 Å². The monoisotopic (exact) mass is 369 g/mol. The Bertz CT molecular complexity index is 946. The van der Waals surface area contributed by atoms with Gasteiger partial charge >= 0.3 is 0 Å². The summed E-state index contributed by atoms with van der Waals surface area (Å²) in [4.78, 5) is 31.6. The van der Waals surface area contributed by atoms with E-state index in [1.165, 1.54) is 18.3 Å². The van der Waals surface area contributed by atoms with E-state index in [-0.39, 0.29) is 5.91 Å². The highest BCUT2D eigenvalue weighted by molar-refractivity contribution is 7.13. The van der Waals surface area contributed by atoms with Crippen LogP contribution in [0.2, 0.25) is 0 Å². The van der Waals surface area contributed by atoms with Crippen molar-refractivity contribution in [2.75, 3.05) is 6.54 Å². The molecule has 3 heterocycles. The van der Waals surface area contributed by atoms with Gasteiger partial charge in [0, 0.05) is 49.0 Å². The normalized spacial score (nSPS) is 10.7. The van der Waals surface area contributed by atoms with Crippen molar-refractivity contribution in [3.05, 3.63) is 47.2 Å². The smallest absolute Gasteiger partial charge is 0.250 e. The van der Waals surface area contributed by atoms with E-state index in [0.29, 0.717) is 18.7 Å². The van der Waals surface area contributed by atoms with E-state index in [0.717, 1.165) is 27.7 Å². The molecule has 0 aromatic carbocycles. The highest BCUT2D eigenvalue weighted by Gasteiger charge is 2.18. The Morgan fingerprint density at radius 3 is 2.69 bits per heavy atom. The molecule has 3 aromatic rings. The predicted octanol–water partition coefficient (Wildman–Crippen LogP) is 2.22. The fraction of sp³-hybridized carbons (Fsp3) is 0.222. The molecule has 2 amide bonds. The van der Waals surface area contributed by atoms with Crippen LogP contribution in [0.4, 0.5) is 0 Å². The topological polar surface area (TPSA) is 103 Å². The van der Waals surface area contributed by atoms with Crippen molar-refractivity contribution in [3.63, 3.8) is 0 Å². The van der Waals surface area contributed by atoms with Crippen molar-refractivity contribution in [3.8, 4) is 22.0 Å². The van der Waals surface area contributed by atoms with Crippen molar-refractivity contribution in [2.45, 2.75) is 20.4 Å². The van der Waals surface area contributed by atoms with E-state index in [4.69, 9.17) is 10.7 Å². The zero-order valence-electron chi connectivity index (χ0n) is 14.5. The molecule has 8 heteroatoms. The Labute approximate surface area is 154 Å². The average Bonchev–Trinajstić information content (AvgIpc) is 3.21. The highest BCUT2D eigenvalue weighted by Crippen LogP contribution is 2.31. The molecule has 7 nitrogen and oxygen atoms in total. The summed E-state index contributed by atoms with van der Waals surface area (Å²) in [5.74, 6) is -0.577. The van der Waals surface area contributed by atoms with Gasteiger partial charge in [0.1, 0.15) is 5.01 Å². The van der Waals surface area contributed by atoms with Gasteiger partial charge in [0.15, 0.2) is 0 Å². The molecule has 0 spiro atoms. The van der Waals surface area contributed by atoms with Crippen LogP contribution in [0.3, 0.4) is 0 Å². The molecule has 134 valence electrons. The maximum absolute atomic E-state index is 11.7. The first-order valence-corrected chi connectivity index (χ1v) is 8.96. The summed E-state index contributed by atoms with van der Waals surface area (Å²) in [6.45, 7) is 4.29. The first kappa shape index (κ1) is 17.8. The summed E-state index contributed by atoms with van der Waals surface area (Å²) in [5.41, 5.74) is 9.27. The number of aromatic nitrogens is 3. The zero-order chi connectivity index (χ0) is 18.7. The fourth-order valence-corrected chi connectivity index (χ4v) is 3.58. The third kappa shape index (κ3) is 3.65. The SMILES string of the molecule is CC(=O)NCCn1c(-c2csc(-c3ccncc3)n2)cc(C(N)=O)c1C. The molecule has 0 radical (unpaired) electrons. The van der Waals surface area contributed by atoms with Crippen molar-refractivity contribution in [2.24, 2.45) is 5.73 Å². The van der Waals surface area contributed by atoms with Crippen LogP contribution < -0.4 is 11.1 Å². The average molecular weight is 369 g/mol. The van der Waals surface area contributed by atoms with Crippen LogP contribution in [0.25, 0.3) is 22.0 Å². The van der Waals surface area contributed by atoms with E-state index < -0.39 is 5.91 Å². The lowest BCUT2D eigenvalue weighted by molar-refractivity contribution is -0.118. The highest BCUT2D eigenvalue weighted by atomic mass is 32.1. The minimum absolute atomic E-state index is 0.0971. The second-order valence-corrected chi connectivity index (χ2v) is 6.66. The molecule has 3 N–H and O–H groups in total. The summed E-state index contributed by atoms with van der Waals surface area (Å²) in [6.07, 6.45) is 3.45. The summed E-state index contributed by atoms with van der Waals surface area (Å²) >= 11 is 1.52. The molecule has 0 aliphatic heterocycles. The Hall–Kier alpha value is -3.00. The molecule has 0 aliphatic carbocycles. The number of primary amides is 1. The molecule has 0 saturated heterocycles. The largest absolute Gasteiger partial charge is 0.366 e. The summed E-state index contributed by atoms with van der Waals surface area (Å²) in [6, 6.07) is 5.56. The van der Waals surface area contributed by atoms with Gasteiger partial charge in [-0.25, -0.2) is 4.98 Å². The number of carbonyl (C=O) groups is 2. The van der Waals surface area contributed by atoms with E-state index in [2.05, 4.69) is 10.3 Å². The molecule has 0 fully saturated rings. The number of hydrogen-bond donors (Lipinski definition) is 2. The second kappa shape index (κ2) is 7.49. The van der Waals surface area contributed by atoms with Crippen molar-refractivity contribution >= 4 is 23.2 Å². The van der Waals surface area contributed by atoms with Gasteiger partial charge in [-0.2, -0.15) is 0 Å². The number of carbonyl (C=O) groups excluding carboxylic acids is 2. The van der Waals surface area contributed by atoms with Gasteiger partial charge in [-0.05, 0) is 25.1 Å². The standard InChI is InChI=1S/C18H19N5O2S/c1-11-14(17(19)25)9-16(23(11)8-7-21-12(2)24)15-10-26-18(22-15)13-3-5-20-6-4-13/h3-6,9-10H,7-8H2,1-2H3,(H2,19,25)(H,21,24). The molecular weight excluding hydrogens is 350 g/mol. The second-order valence-electron chi connectivity index (χ2n) is 5.80. The lowest BCUT2D eigenvalue weighted by Crippen LogP contribution is -2.25. The lowest BCUT2D eigenvalue weighted by atomic mass is 10.2. The van der Waals surface area contributed by atoms with E-state index in [1.807, 2.05) is 29.0 Å². The Balaban J connectivity index is 1.98. The van der Waals surface area contributed by atoms with E-state index in [9.17, 15) is 9.59 Å². The van der Waals surface area contributed by atoms with Crippen LogP contribution in [-0.2, 0) is 11.3 Å². The number of pyridine rings is 1. The van der Waals surface area contributed by atoms with Gasteiger partial charge in [-0.15, -0.1) is 11.3 Å². The maximum Gasteiger partial charge on any atom is 0.250 e. The number of amides is 2. The van der Waals surface area contributed by atoms with Crippen LogP contribution in [0, 0.1) is 6.92 Å². The first-order chi connectivity index (χ1) is 12.5. The van der Waals surface area contributed by atoms with Crippen LogP contribution in [0.5, 0.6) is 0 Å². The number of rotatable bonds is 6. The summed E-state index contributed by atoms with van der Waals surface area (Å²) in [7, 11) is 0. The predicted molar refractivity (Wildman–Crippen MR) is 101 cm³/mol. The molecule has 0 unspecified atom stereocenters.